The maximum absolute atomic E-state index is 12.4. The number of amides is 1. The van der Waals surface area contributed by atoms with Crippen LogP contribution in [0.25, 0.3) is 10.2 Å². The Morgan fingerprint density at radius 3 is 3.08 bits per heavy atom. The van der Waals surface area contributed by atoms with E-state index in [2.05, 4.69) is 22.4 Å². The fourth-order valence-electron chi connectivity index (χ4n) is 3.26. The van der Waals surface area contributed by atoms with Crippen molar-refractivity contribution in [2.45, 2.75) is 29.6 Å². The summed E-state index contributed by atoms with van der Waals surface area (Å²) in [5.41, 5.74) is 10.1. The van der Waals surface area contributed by atoms with Gasteiger partial charge in [-0.05, 0) is 54.7 Å². The van der Waals surface area contributed by atoms with E-state index in [4.69, 9.17) is 5.73 Å². The number of nitrogens with two attached hydrogens (primary N) is 1. The van der Waals surface area contributed by atoms with Crippen molar-refractivity contribution in [3.8, 4) is 0 Å². The summed E-state index contributed by atoms with van der Waals surface area (Å²) in [4.78, 5) is 17.0. The molecule has 4 nitrogen and oxygen atoms in total. The van der Waals surface area contributed by atoms with Crippen molar-refractivity contribution in [3.05, 3.63) is 53.6 Å². The number of aryl methyl sites for hydroxylation is 1. The number of hydrogen-bond acceptors (Lipinski definition) is 5. The summed E-state index contributed by atoms with van der Waals surface area (Å²) in [6, 6.07) is 14.1. The van der Waals surface area contributed by atoms with E-state index >= 15 is 0 Å². The van der Waals surface area contributed by atoms with Gasteiger partial charge in [-0.15, -0.1) is 11.3 Å². The Hall–Kier alpha value is -2.05. The molecule has 0 fully saturated rings. The minimum Gasteiger partial charge on any atom is -0.399 e. The molecule has 1 aliphatic rings. The molecule has 0 saturated heterocycles. The summed E-state index contributed by atoms with van der Waals surface area (Å²) in [5.74, 6) is 0.444. The predicted molar refractivity (Wildman–Crippen MR) is 105 cm³/mol. The molecule has 6 heteroatoms. The summed E-state index contributed by atoms with van der Waals surface area (Å²) in [5, 5.41) is 3.17. The van der Waals surface area contributed by atoms with Gasteiger partial charge < -0.3 is 11.1 Å². The van der Waals surface area contributed by atoms with Crippen molar-refractivity contribution in [1.82, 2.24) is 10.3 Å². The van der Waals surface area contributed by atoms with Crippen LogP contribution in [-0.4, -0.2) is 16.6 Å². The van der Waals surface area contributed by atoms with Crippen LogP contribution in [-0.2, 0) is 11.2 Å². The largest absolute Gasteiger partial charge is 0.399 e. The topological polar surface area (TPSA) is 68.0 Å². The van der Waals surface area contributed by atoms with Crippen molar-refractivity contribution >= 4 is 44.9 Å². The summed E-state index contributed by atoms with van der Waals surface area (Å²) >= 11 is 3.14. The van der Waals surface area contributed by atoms with E-state index in [-0.39, 0.29) is 11.9 Å². The number of thiazole rings is 1. The van der Waals surface area contributed by atoms with E-state index < -0.39 is 0 Å². The number of nitrogens with one attached hydrogen (secondary N) is 1. The predicted octanol–water partition coefficient (Wildman–Crippen LogP) is 4.16. The quantitative estimate of drug-likeness (QED) is 0.535. The zero-order valence-corrected chi connectivity index (χ0v) is 15.3. The molecule has 1 amide bonds. The number of rotatable bonds is 4. The third kappa shape index (κ3) is 3.65. The highest BCUT2D eigenvalue weighted by atomic mass is 32.2. The van der Waals surface area contributed by atoms with E-state index in [1.165, 1.54) is 22.9 Å². The summed E-state index contributed by atoms with van der Waals surface area (Å²) in [6.07, 6.45) is 3.09. The number of carbonyl (C=O) groups is 1. The highest BCUT2D eigenvalue weighted by Crippen LogP contribution is 2.32. The number of hydrogen-bond donors (Lipinski definition) is 2. The molecular formula is C19H19N3OS2. The van der Waals surface area contributed by atoms with Gasteiger partial charge >= 0.3 is 0 Å². The van der Waals surface area contributed by atoms with Crippen LogP contribution in [0.15, 0.2) is 46.8 Å². The molecule has 3 aromatic rings. The molecule has 1 heterocycles. The Kier molecular flexibility index (Phi) is 4.63. The number of nitrogens with zero attached hydrogens (tertiary/aromatic N) is 1. The normalized spacial score (nSPS) is 16.6. The number of nitrogen functional groups attached to an aromatic ring is 1. The van der Waals surface area contributed by atoms with Crippen LogP contribution in [0.2, 0.25) is 0 Å². The zero-order valence-electron chi connectivity index (χ0n) is 13.7. The monoisotopic (exact) mass is 369 g/mol. The molecular weight excluding hydrogens is 350 g/mol. The molecule has 1 aromatic heterocycles. The lowest BCUT2D eigenvalue weighted by atomic mass is 9.87. The molecule has 0 spiro atoms. The van der Waals surface area contributed by atoms with E-state index in [1.807, 2.05) is 30.3 Å². The molecule has 0 aliphatic heterocycles. The van der Waals surface area contributed by atoms with Gasteiger partial charge in [0.15, 0.2) is 4.34 Å². The fourth-order valence-corrected chi connectivity index (χ4v) is 5.14. The van der Waals surface area contributed by atoms with Crippen LogP contribution in [0.5, 0.6) is 0 Å². The van der Waals surface area contributed by atoms with Crippen molar-refractivity contribution in [2.75, 3.05) is 11.5 Å². The van der Waals surface area contributed by atoms with Crippen molar-refractivity contribution in [2.24, 2.45) is 0 Å². The van der Waals surface area contributed by atoms with Gasteiger partial charge in [0.25, 0.3) is 0 Å². The third-order valence-electron chi connectivity index (χ3n) is 4.42. The fraction of sp³-hybridized carbons (Fsp3) is 0.263. The maximum atomic E-state index is 12.4. The second-order valence-electron chi connectivity index (χ2n) is 6.21. The van der Waals surface area contributed by atoms with E-state index in [0.717, 1.165) is 39.5 Å². The van der Waals surface area contributed by atoms with Gasteiger partial charge in [-0.3, -0.25) is 4.79 Å². The average molecular weight is 370 g/mol. The SMILES string of the molecule is Nc1ccc2c(c1)CCCC2NC(=O)CSc1nc2ccccc2s1. The third-order valence-corrected chi connectivity index (χ3v) is 6.60. The number of carbonyl (C=O) groups excluding carboxylic acids is 1. The summed E-state index contributed by atoms with van der Waals surface area (Å²) in [6.45, 7) is 0. The first-order valence-electron chi connectivity index (χ1n) is 8.35. The summed E-state index contributed by atoms with van der Waals surface area (Å²) in [7, 11) is 0. The van der Waals surface area contributed by atoms with Gasteiger partial charge in [-0.25, -0.2) is 4.98 Å². The second kappa shape index (κ2) is 7.06. The zero-order chi connectivity index (χ0) is 17.2. The molecule has 4 rings (SSSR count). The van der Waals surface area contributed by atoms with E-state index in [0.29, 0.717) is 5.75 Å². The molecule has 1 atom stereocenters. The molecule has 128 valence electrons. The number of thioether (sulfide) groups is 1. The number of para-hydroxylation sites is 1. The Morgan fingerprint density at radius 2 is 2.20 bits per heavy atom. The lowest BCUT2D eigenvalue weighted by Crippen LogP contribution is -2.32. The summed E-state index contributed by atoms with van der Waals surface area (Å²) < 4.78 is 2.09. The Balaban J connectivity index is 1.39. The minimum absolute atomic E-state index is 0.0546. The smallest absolute Gasteiger partial charge is 0.230 e. The highest BCUT2D eigenvalue weighted by Gasteiger charge is 2.22. The van der Waals surface area contributed by atoms with Crippen LogP contribution < -0.4 is 11.1 Å². The lowest BCUT2D eigenvalue weighted by Gasteiger charge is -2.26. The maximum Gasteiger partial charge on any atom is 0.230 e. The molecule has 1 aliphatic carbocycles. The lowest BCUT2D eigenvalue weighted by molar-refractivity contribution is -0.119. The molecule has 25 heavy (non-hydrogen) atoms. The van der Waals surface area contributed by atoms with Gasteiger partial charge in [-0.2, -0.15) is 0 Å². The van der Waals surface area contributed by atoms with Crippen molar-refractivity contribution in [1.29, 1.82) is 0 Å². The standard InChI is InChI=1S/C19H19N3OS2/c20-13-8-9-14-12(10-13)4-3-6-15(14)21-18(23)11-24-19-22-16-5-1-2-7-17(16)25-19/h1-2,5,7-10,15H,3-4,6,11,20H2,(H,21,23). The average Bonchev–Trinajstić information content (AvgIpc) is 3.03. The first kappa shape index (κ1) is 16.4. The second-order valence-corrected chi connectivity index (χ2v) is 8.46. The first-order valence-corrected chi connectivity index (χ1v) is 10.2. The molecule has 1 unspecified atom stereocenters. The highest BCUT2D eigenvalue weighted by molar-refractivity contribution is 8.01. The van der Waals surface area contributed by atoms with Gasteiger partial charge in [-0.1, -0.05) is 30.0 Å². The number of benzene rings is 2. The van der Waals surface area contributed by atoms with E-state index in [9.17, 15) is 4.79 Å². The van der Waals surface area contributed by atoms with Crippen LogP contribution >= 0.6 is 23.1 Å². The van der Waals surface area contributed by atoms with Gasteiger partial charge in [0.05, 0.1) is 22.0 Å². The van der Waals surface area contributed by atoms with Crippen molar-refractivity contribution < 1.29 is 4.79 Å². The first-order chi connectivity index (χ1) is 12.2. The van der Waals surface area contributed by atoms with Gasteiger partial charge in [0.1, 0.15) is 0 Å². The molecule has 0 bridgehead atoms. The van der Waals surface area contributed by atoms with Crippen LogP contribution in [0.3, 0.4) is 0 Å². The van der Waals surface area contributed by atoms with Crippen LogP contribution in [0.4, 0.5) is 5.69 Å². The Bertz CT molecular complexity index is 889. The van der Waals surface area contributed by atoms with Crippen LogP contribution in [0.1, 0.15) is 30.0 Å². The van der Waals surface area contributed by atoms with Gasteiger partial charge in [0, 0.05) is 5.69 Å². The molecule has 0 saturated carbocycles. The van der Waals surface area contributed by atoms with E-state index in [1.54, 1.807) is 11.3 Å². The number of anilines is 1. The minimum atomic E-state index is 0.0546. The van der Waals surface area contributed by atoms with Gasteiger partial charge in [0.2, 0.25) is 5.91 Å². The van der Waals surface area contributed by atoms with Crippen molar-refractivity contribution in [3.63, 3.8) is 0 Å². The number of fused-ring (bicyclic) bond motifs is 2. The Labute approximate surface area is 154 Å². The molecule has 0 radical (unpaired) electrons. The molecule has 3 N–H and O–H groups in total. The Morgan fingerprint density at radius 1 is 1.32 bits per heavy atom. The number of aromatic nitrogens is 1. The van der Waals surface area contributed by atoms with Crippen LogP contribution in [0, 0.1) is 0 Å². The molecule has 2 aromatic carbocycles.